The number of rotatable bonds is 3. The fourth-order valence-corrected chi connectivity index (χ4v) is 3.17. The molecule has 20 heavy (non-hydrogen) atoms. The Kier molecular flexibility index (Phi) is 5.49. The van der Waals surface area contributed by atoms with E-state index < -0.39 is 6.03 Å². The number of piperidine rings is 1. The van der Waals surface area contributed by atoms with Gasteiger partial charge in [-0.05, 0) is 31.6 Å². The third-order valence-electron chi connectivity index (χ3n) is 4.30. The molecular formula is C14H26N4O2. The van der Waals surface area contributed by atoms with E-state index in [1.807, 2.05) is 4.90 Å². The molecule has 1 heterocycles. The monoisotopic (exact) mass is 282 g/mol. The van der Waals surface area contributed by atoms with Gasteiger partial charge >= 0.3 is 12.1 Å². The maximum Gasteiger partial charge on any atom is 0.317 e. The smallest absolute Gasteiger partial charge is 0.317 e. The first-order chi connectivity index (χ1) is 9.65. The van der Waals surface area contributed by atoms with E-state index in [1.165, 1.54) is 19.3 Å². The van der Waals surface area contributed by atoms with Crippen molar-refractivity contribution in [3.8, 4) is 0 Å². The molecule has 1 saturated carbocycles. The standard InChI is InChI=1S/C14H26N4O2/c15-13(19)16-9-11-5-4-8-18(10-11)14(20)17-12-6-2-1-3-7-12/h11-12H,1-10H2,(H,17,20)(H3,15,16,19)/t11-/m1/s1. The summed E-state index contributed by atoms with van der Waals surface area (Å²) >= 11 is 0. The highest BCUT2D eigenvalue weighted by Crippen LogP contribution is 2.19. The van der Waals surface area contributed by atoms with Gasteiger partial charge in [0.1, 0.15) is 0 Å². The molecule has 1 aliphatic heterocycles. The summed E-state index contributed by atoms with van der Waals surface area (Å²) in [6, 6.07) is -0.0881. The minimum atomic E-state index is -0.492. The highest BCUT2D eigenvalue weighted by atomic mass is 16.2. The van der Waals surface area contributed by atoms with Gasteiger partial charge in [0.2, 0.25) is 0 Å². The maximum absolute atomic E-state index is 12.3. The van der Waals surface area contributed by atoms with Crippen LogP contribution in [0.25, 0.3) is 0 Å². The summed E-state index contributed by atoms with van der Waals surface area (Å²) in [5, 5.41) is 5.79. The van der Waals surface area contributed by atoms with Crippen LogP contribution >= 0.6 is 0 Å². The zero-order chi connectivity index (χ0) is 14.4. The summed E-state index contributed by atoms with van der Waals surface area (Å²) in [5.41, 5.74) is 5.08. The summed E-state index contributed by atoms with van der Waals surface area (Å²) in [6.07, 6.45) is 7.96. The van der Waals surface area contributed by atoms with Crippen molar-refractivity contribution in [3.05, 3.63) is 0 Å². The van der Waals surface area contributed by atoms with Crippen LogP contribution in [0.2, 0.25) is 0 Å². The van der Waals surface area contributed by atoms with Crippen LogP contribution < -0.4 is 16.4 Å². The van der Waals surface area contributed by atoms with Gasteiger partial charge in [-0.3, -0.25) is 0 Å². The van der Waals surface area contributed by atoms with Crippen LogP contribution in [0.1, 0.15) is 44.9 Å². The summed E-state index contributed by atoms with van der Waals surface area (Å²) in [5.74, 6) is 0.313. The predicted octanol–water partition coefficient (Wildman–Crippen LogP) is 1.41. The number of nitrogens with zero attached hydrogens (tertiary/aromatic N) is 1. The Balaban J connectivity index is 1.75. The highest BCUT2D eigenvalue weighted by molar-refractivity contribution is 5.74. The first-order valence-corrected chi connectivity index (χ1v) is 7.74. The van der Waals surface area contributed by atoms with Crippen LogP contribution in [-0.4, -0.2) is 42.6 Å². The van der Waals surface area contributed by atoms with E-state index in [4.69, 9.17) is 5.73 Å². The molecule has 1 atom stereocenters. The molecule has 0 aromatic heterocycles. The average molecular weight is 282 g/mol. The average Bonchev–Trinajstić information content (AvgIpc) is 2.46. The van der Waals surface area contributed by atoms with Crippen molar-refractivity contribution in [2.45, 2.75) is 51.0 Å². The van der Waals surface area contributed by atoms with Crippen LogP contribution in [0.15, 0.2) is 0 Å². The third-order valence-corrected chi connectivity index (χ3v) is 4.30. The lowest BCUT2D eigenvalue weighted by Crippen LogP contribution is -2.50. The van der Waals surface area contributed by atoms with Crippen LogP contribution in [0.5, 0.6) is 0 Å². The van der Waals surface area contributed by atoms with E-state index in [1.54, 1.807) is 0 Å². The van der Waals surface area contributed by atoms with E-state index in [-0.39, 0.29) is 6.03 Å². The number of nitrogens with one attached hydrogen (secondary N) is 2. The van der Waals surface area contributed by atoms with Crippen molar-refractivity contribution < 1.29 is 9.59 Å². The summed E-state index contributed by atoms with van der Waals surface area (Å²) in [7, 11) is 0. The Labute approximate surface area is 120 Å². The topological polar surface area (TPSA) is 87.5 Å². The number of hydrogen-bond acceptors (Lipinski definition) is 2. The molecule has 2 fully saturated rings. The van der Waals surface area contributed by atoms with Crippen molar-refractivity contribution in [1.82, 2.24) is 15.5 Å². The molecule has 0 bridgehead atoms. The van der Waals surface area contributed by atoms with E-state index in [0.29, 0.717) is 25.0 Å². The van der Waals surface area contributed by atoms with E-state index in [0.717, 1.165) is 32.2 Å². The van der Waals surface area contributed by atoms with Gasteiger partial charge in [-0.15, -0.1) is 0 Å². The van der Waals surface area contributed by atoms with Gasteiger partial charge in [0.05, 0.1) is 0 Å². The molecule has 0 unspecified atom stereocenters. The molecular weight excluding hydrogens is 256 g/mol. The van der Waals surface area contributed by atoms with Gasteiger partial charge in [-0.2, -0.15) is 0 Å². The number of hydrogen-bond donors (Lipinski definition) is 3. The lowest BCUT2D eigenvalue weighted by Gasteiger charge is -2.34. The largest absolute Gasteiger partial charge is 0.352 e. The van der Waals surface area contributed by atoms with Gasteiger partial charge in [0, 0.05) is 25.7 Å². The van der Waals surface area contributed by atoms with Crippen LogP contribution in [0.4, 0.5) is 9.59 Å². The molecule has 2 rings (SSSR count). The number of likely N-dealkylation sites (tertiary alicyclic amines) is 1. The van der Waals surface area contributed by atoms with Gasteiger partial charge in [-0.1, -0.05) is 19.3 Å². The maximum atomic E-state index is 12.3. The molecule has 1 saturated heterocycles. The van der Waals surface area contributed by atoms with Gasteiger partial charge < -0.3 is 21.3 Å². The van der Waals surface area contributed by atoms with Gasteiger partial charge in [-0.25, -0.2) is 9.59 Å². The first kappa shape index (κ1) is 14.9. The van der Waals surface area contributed by atoms with Crippen molar-refractivity contribution in [2.24, 2.45) is 11.7 Å². The number of nitrogens with two attached hydrogens (primary N) is 1. The fraction of sp³-hybridized carbons (Fsp3) is 0.857. The van der Waals surface area contributed by atoms with E-state index in [9.17, 15) is 9.59 Å². The Bertz CT molecular complexity index is 342. The molecule has 6 nitrogen and oxygen atoms in total. The second kappa shape index (κ2) is 7.36. The zero-order valence-electron chi connectivity index (χ0n) is 12.1. The second-order valence-corrected chi connectivity index (χ2v) is 5.98. The zero-order valence-corrected chi connectivity index (χ0v) is 12.1. The summed E-state index contributed by atoms with van der Waals surface area (Å²) in [6.45, 7) is 2.08. The van der Waals surface area contributed by atoms with Gasteiger partial charge in [0.25, 0.3) is 0 Å². The molecule has 114 valence electrons. The minimum Gasteiger partial charge on any atom is -0.352 e. The molecule has 2 aliphatic rings. The Hall–Kier alpha value is -1.46. The lowest BCUT2D eigenvalue weighted by molar-refractivity contribution is 0.159. The second-order valence-electron chi connectivity index (χ2n) is 5.98. The minimum absolute atomic E-state index is 0.0562. The first-order valence-electron chi connectivity index (χ1n) is 7.74. The van der Waals surface area contributed by atoms with E-state index >= 15 is 0 Å². The predicted molar refractivity (Wildman–Crippen MR) is 77.3 cm³/mol. The van der Waals surface area contributed by atoms with Crippen molar-refractivity contribution in [3.63, 3.8) is 0 Å². The number of carbonyl (C=O) groups excluding carboxylic acids is 2. The Morgan fingerprint density at radius 1 is 1.10 bits per heavy atom. The van der Waals surface area contributed by atoms with Crippen LogP contribution in [0.3, 0.4) is 0 Å². The molecule has 1 aliphatic carbocycles. The van der Waals surface area contributed by atoms with Crippen LogP contribution in [0, 0.1) is 5.92 Å². The quantitative estimate of drug-likeness (QED) is 0.731. The van der Waals surface area contributed by atoms with E-state index in [2.05, 4.69) is 10.6 Å². The van der Waals surface area contributed by atoms with Crippen LogP contribution in [-0.2, 0) is 0 Å². The molecule has 0 aromatic carbocycles. The Morgan fingerprint density at radius 3 is 2.55 bits per heavy atom. The highest BCUT2D eigenvalue weighted by Gasteiger charge is 2.25. The molecule has 4 N–H and O–H groups in total. The van der Waals surface area contributed by atoms with Crippen molar-refractivity contribution >= 4 is 12.1 Å². The molecule has 6 heteroatoms. The van der Waals surface area contributed by atoms with Crippen molar-refractivity contribution in [2.75, 3.05) is 19.6 Å². The number of primary amides is 1. The lowest BCUT2D eigenvalue weighted by atomic mass is 9.95. The van der Waals surface area contributed by atoms with Crippen molar-refractivity contribution in [1.29, 1.82) is 0 Å². The normalized spacial score (nSPS) is 24.2. The third kappa shape index (κ3) is 4.58. The number of carbonyl (C=O) groups is 2. The number of amides is 4. The molecule has 0 radical (unpaired) electrons. The SMILES string of the molecule is NC(=O)NC[C@H]1CCCN(C(=O)NC2CCCCC2)C1. The molecule has 0 aromatic rings. The molecule has 0 spiro atoms. The Morgan fingerprint density at radius 2 is 1.85 bits per heavy atom. The van der Waals surface area contributed by atoms with Gasteiger partial charge in [0.15, 0.2) is 0 Å². The summed E-state index contributed by atoms with van der Waals surface area (Å²) < 4.78 is 0. The summed E-state index contributed by atoms with van der Waals surface area (Å²) in [4.78, 5) is 24.9. The molecule has 4 amide bonds. The number of urea groups is 2. The fourth-order valence-electron chi connectivity index (χ4n) is 3.17.